The smallest absolute Gasteiger partial charge is 0.413 e. The van der Waals surface area contributed by atoms with E-state index in [9.17, 15) is 19.2 Å². The minimum atomic E-state index is -1.15. The van der Waals surface area contributed by atoms with Gasteiger partial charge in [0, 0.05) is 11.4 Å². The van der Waals surface area contributed by atoms with Crippen LogP contribution in [0.15, 0.2) is 29.2 Å². The highest BCUT2D eigenvalue weighted by atomic mass is 32.2. The van der Waals surface area contributed by atoms with E-state index in [-0.39, 0.29) is 18.9 Å². The van der Waals surface area contributed by atoms with E-state index in [2.05, 4.69) is 4.74 Å². The van der Waals surface area contributed by atoms with E-state index in [1.807, 2.05) is 29.6 Å². The zero-order valence-electron chi connectivity index (χ0n) is 13.8. The van der Waals surface area contributed by atoms with E-state index in [0.717, 1.165) is 17.7 Å². The van der Waals surface area contributed by atoms with E-state index in [0.29, 0.717) is 5.75 Å². The van der Waals surface area contributed by atoms with Gasteiger partial charge in [0.15, 0.2) is 6.10 Å². The lowest BCUT2D eigenvalue weighted by Gasteiger charge is -2.28. The molecular formula is C16H18N2O6S. The summed E-state index contributed by atoms with van der Waals surface area (Å²) in [5, 5.41) is 1.92. The van der Waals surface area contributed by atoms with E-state index < -0.39 is 24.1 Å². The minimum Gasteiger partial charge on any atom is -0.453 e. The molecule has 0 aliphatic carbocycles. The first-order valence-electron chi connectivity index (χ1n) is 7.53. The molecule has 134 valence electrons. The number of amides is 3. The normalized spacial score (nSPS) is 14.3. The maximum Gasteiger partial charge on any atom is 0.413 e. The molecule has 1 heterocycles. The van der Waals surface area contributed by atoms with Crippen molar-refractivity contribution < 1.29 is 28.7 Å². The van der Waals surface area contributed by atoms with Crippen molar-refractivity contribution in [3.8, 4) is 0 Å². The topological polar surface area (TPSA) is 102 Å². The summed E-state index contributed by atoms with van der Waals surface area (Å²) in [6.45, 7) is 1.49. The van der Waals surface area contributed by atoms with E-state index in [1.54, 1.807) is 0 Å². The van der Waals surface area contributed by atoms with E-state index in [1.165, 1.54) is 23.6 Å². The van der Waals surface area contributed by atoms with Crippen LogP contribution in [0.3, 0.4) is 0 Å². The lowest BCUT2D eigenvalue weighted by atomic mass is 10.2. The number of fused-ring (bicyclic) bond motifs is 1. The van der Waals surface area contributed by atoms with Gasteiger partial charge in [0.05, 0.1) is 25.0 Å². The molecule has 0 bridgehead atoms. The maximum atomic E-state index is 12.1. The number of alkyl carbamates (subject to hydrolysis) is 1. The molecule has 0 saturated heterocycles. The molecule has 3 amide bonds. The first-order valence-corrected chi connectivity index (χ1v) is 8.51. The van der Waals surface area contributed by atoms with Gasteiger partial charge in [-0.2, -0.15) is 0 Å². The van der Waals surface area contributed by atoms with Crippen LogP contribution < -0.4 is 10.2 Å². The Bertz CT molecular complexity index is 693. The van der Waals surface area contributed by atoms with Crippen LogP contribution in [0.1, 0.15) is 13.3 Å². The van der Waals surface area contributed by atoms with Crippen molar-refractivity contribution in [2.45, 2.75) is 24.3 Å². The summed E-state index contributed by atoms with van der Waals surface area (Å²) in [6, 6.07) is 7.44. The molecule has 1 atom stereocenters. The Morgan fingerprint density at radius 2 is 2.04 bits per heavy atom. The Labute approximate surface area is 148 Å². The minimum absolute atomic E-state index is 0.0689. The third-order valence-electron chi connectivity index (χ3n) is 3.44. The van der Waals surface area contributed by atoms with E-state index >= 15 is 0 Å². The highest BCUT2D eigenvalue weighted by molar-refractivity contribution is 8.00. The molecule has 8 nitrogen and oxygen atoms in total. The fraction of sp³-hybridized carbons (Fsp3) is 0.375. The molecule has 0 unspecified atom stereocenters. The van der Waals surface area contributed by atoms with Crippen molar-refractivity contribution in [3.05, 3.63) is 24.3 Å². The number of thioether (sulfide) groups is 1. The Kier molecular flexibility index (Phi) is 6.40. The van der Waals surface area contributed by atoms with Crippen LogP contribution >= 0.6 is 11.8 Å². The van der Waals surface area contributed by atoms with Crippen LogP contribution in [0.25, 0.3) is 0 Å². The number of carbonyl (C=O) groups is 4. The second-order valence-electron chi connectivity index (χ2n) is 5.16. The molecule has 2 rings (SSSR count). The number of benzene rings is 1. The number of rotatable bonds is 5. The standard InChI is InChI=1S/C16H18N2O6S/c1-10(15(21)17-16(22)23-2)24-14(20)7-8-18-11-5-3-4-6-12(11)25-9-13(18)19/h3-6,10H,7-9H2,1-2H3,(H,17,21,22)/t10-/m1/s1. The molecule has 25 heavy (non-hydrogen) atoms. The number of anilines is 1. The molecule has 1 aliphatic heterocycles. The average Bonchev–Trinajstić information content (AvgIpc) is 2.60. The van der Waals surface area contributed by atoms with Crippen molar-refractivity contribution in [1.82, 2.24) is 5.32 Å². The van der Waals surface area contributed by atoms with Crippen molar-refractivity contribution in [3.63, 3.8) is 0 Å². The molecule has 0 aromatic heterocycles. The first-order chi connectivity index (χ1) is 11.9. The Hall–Kier alpha value is -2.55. The second-order valence-corrected chi connectivity index (χ2v) is 6.18. The van der Waals surface area contributed by atoms with Crippen molar-refractivity contribution >= 4 is 41.3 Å². The van der Waals surface area contributed by atoms with Crippen LogP contribution in [0, 0.1) is 0 Å². The van der Waals surface area contributed by atoms with Crippen molar-refractivity contribution in [2.75, 3.05) is 24.3 Å². The zero-order chi connectivity index (χ0) is 18.4. The van der Waals surface area contributed by atoms with Gasteiger partial charge in [-0.05, 0) is 19.1 Å². The SMILES string of the molecule is COC(=O)NC(=O)[C@@H](C)OC(=O)CCN1C(=O)CSc2ccccc21. The Balaban J connectivity index is 1.89. The summed E-state index contributed by atoms with van der Waals surface area (Å²) in [7, 11) is 1.12. The average molecular weight is 366 g/mol. The number of esters is 1. The number of hydrogen-bond donors (Lipinski definition) is 1. The quantitative estimate of drug-likeness (QED) is 0.784. The summed E-state index contributed by atoms with van der Waals surface area (Å²) >= 11 is 1.45. The highest BCUT2D eigenvalue weighted by Crippen LogP contribution is 2.34. The molecular weight excluding hydrogens is 348 g/mol. The highest BCUT2D eigenvalue weighted by Gasteiger charge is 2.26. The summed E-state index contributed by atoms with van der Waals surface area (Å²) in [5.41, 5.74) is 0.757. The van der Waals surface area contributed by atoms with Gasteiger partial charge in [-0.3, -0.25) is 19.7 Å². The van der Waals surface area contributed by atoms with Crippen LogP contribution in [0.2, 0.25) is 0 Å². The Morgan fingerprint density at radius 3 is 2.76 bits per heavy atom. The Morgan fingerprint density at radius 1 is 1.32 bits per heavy atom. The van der Waals surface area contributed by atoms with Gasteiger partial charge in [0.25, 0.3) is 5.91 Å². The van der Waals surface area contributed by atoms with Crippen LogP contribution in [0.5, 0.6) is 0 Å². The summed E-state index contributed by atoms with van der Waals surface area (Å²) < 4.78 is 9.26. The number of nitrogens with zero attached hydrogens (tertiary/aromatic N) is 1. The molecule has 1 aromatic rings. The summed E-state index contributed by atoms with van der Waals surface area (Å²) in [4.78, 5) is 49.1. The number of carbonyl (C=O) groups excluding carboxylic acids is 4. The van der Waals surface area contributed by atoms with Gasteiger partial charge >= 0.3 is 12.1 Å². The van der Waals surface area contributed by atoms with Gasteiger partial charge in [-0.25, -0.2) is 4.79 Å². The van der Waals surface area contributed by atoms with Crippen molar-refractivity contribution in [2.24, 2.45) is 0 Å². The van der Waals surface area contributed by atoms with Crippen LogP contribution in [-0.4, -0.2) is 49.4 Å². The molecule has 0 saturated carbocycles. The lowest BCUT2D eigenvalue weighted by molar-refractivity contribution is -0.154. The van der Waals surface area contributed by atoms with Crippen LogP contribution in [-0.2, 0) is 23.9 Å². The number of methoxy groups -OCH3 is 1. The number of para-hydroxylation sites is 1. The number of imide groups is 1. The fourth-order valence-corrected chi connectivity index (χ4v) is 3.10. The number of hydrogen-bond acceptors (Lipinski definition) is 7. The molecule has 9 heteroatoms. The summed E-state index contributed by atoms with van der Waals surface area (Å²) in [6.07, 6.45) is -2.15. The number of nitrogens with one attached hydrogen (secondary N) is 1. The van der Waals surface area contributed by atoms with Gasteiger partial charge < -0.3 is 14.4 Å². The van der Waals surface area contributed by atoms with Crippen molar-refractivity contribution in [1.29, 1.82) is 0 Å². The molecule has 0 spiro atoms. The van der Waals surface area contributed by atoms with Gasteiger partial charge in [0.1, 0.15) is 0 Å². The second kappa shape index (κ2) is 8.52. The molecule has 0 fully saturated rings. The maximum absolute atomic E-state index is 12.1. The third-order valence-corrected chi connectivity index (χ3v) is 4.48. The predicted molar refractivity (Wildman–Crippen MR) is 90.2 cm³/mol. The predicted octanol–water partition coefficient (Wildman–Crippen LogP) is 1.33. The molecule has 1 aromatic carbocycles. The zero-order valence-corrected chi connectivity index (χ0v) is 14.6. The first kappa shape index (κ1) is 18.8. The molecule has 1 N–H and O–H groups in total. The van der Waals surface area contributed by atoms with Gasteiger partial charge in [0.2, 0.25) is 5.91 Å². The lowest BCUT2D eigenvalue weighted by Crippen LogP contribution is -2.40. The monoisotopic (exact) mass is 366 g/mol. The summed E-state index contributed by atoms with van der Waals surface area (Å²) in [5.74, 6) is -1.20. The van der Waals surface area contributed by atoms with Gasteiger partial charge in [-0.15, -0.1) is 11.8 Å². The number of ether oxygens (including phenoxy) is 2. The molecule has 0 radical (unpaired) electrons. The largest absolute Gasteiger partial charge is 0.453 e. The fourth-order valence-electron chi connectivity index (χ4n) is 2.17. The van der Waals surface area contributed by atoms with Crippen LogP contribution in [0.4, 0.5) is 10.5 Å². The third kappa shape index (κ3) is 4.96. The van der Waals surface area contributed by atoms with Gasteiger partial charge in [-0.1, -0.05) is 12.1 Å². The molecule has 1 aliphatic rings. The van der Waals surface area contributed by atoms with E-state index in [4.69, 9.17) is 4.74 Å².